The van der Waals surface area contributed by atoms with Gasteiger partial charge in [0.25, 0.3) is 0 Å². The molecule has 1 aromatic carbocycles. The molecule has 0 radical (unpaired) electrons. The molecular weight excluding hydrogens is 258 g/mol. The summed E-state index contributed by atoms with van der Waals surface area (Å²) >= 11 is 0. The molecule has 21 heavy (non-hydrogen) atoms. The van der Waals surface area contributed by atoms with Crippen LogP contribution < -0.4 is 5.32 Å². The van der Waals surface area contributed by atoms with E-state index in [9.17, 15) is 0 Å². The molecule has 1 aromatic heterocycles. The van der Waals surface area contributed by atoms with Crippen LogP contribution in [0.4, 0.5) is 0 Å². The Morgan fingerprint density at radius 2 is 1.95 bits per heavy atom. The average Bonchev–Trinajstić information content (AvgIpc) is 2.91. The molecule has 114 valence electrons. The number of aryl methyl sites for hydroxylation is 1. The van der Waals surface area contributed by atoms with Gasteiger partial charge in [0.05, 0.1) is 0 Å². The Labute approximate surface area is 128 Å². The van der Waals surface area contributed by atoms with Gasteiger partial charge in [0, 0.05) is 31.4 Å². The van der Waals surface area contributed by atoms with Crippen molar-refractivity contribution < 1.29 is 0 Å². The summed E-state index contributed by atoms with van der Waals surface area (Å²) in [7, 11) is 2.03. The van der Waals surface area contributed by atoms with Crippen LogP contribution in [-0.2, 0) is 18.4 Å². The predicted molar refractivity (Wildman–Crippen MR) is 88.5 cm³/mol. The molecule has 0 bridgehead atoms. The topological polar surface area (TPSA) is 29.9 Å². The molecule has 0 aliphatic rings. The van der Waals surface area contributed by atoms with Crippen LogP contribution in [0.5, 0.6) is 0 Å². The number of imidazole rings is 1. The molecule has 3 heteroatoms. The fourth-order valence-electron chi connectivity index (χ4n) is 2.85. The maximum Gasteiger partial charge on any atom is 0.110 e. The molecule has 1 N–H and O–H groups in total. The molecule has 0 fully saturated rings. The van der Waals surface area contributed by atoms with Gasteiger partial charge in [-0.15, -0.1) is 0 Å². The van der Waals surface area contributed by atoms with E-state index < -0.39 is 0 Å². The summed E-state index contributed by atoms with van der Waals surface area (Å²) in [5.74, 6) is 1.14. The fourth-order valence-corrected chi connectivity index (χ4v) is 2.85. The van der Waals surface area contributed by atoms with Crippen molar-refractivity contribution in [1.29, 1.82) is 0 Å². The minimum absolute atomic E-state index is 0.145. The van der Waals surface area contributed by atoms with Crippen LogP contribution in [0.15, 0.2) is 36.7 Å². The molecule has 2 rings (SSSR count). The second-order valence-corrected chi connectivity index (χ2v) is 6.51. The third-order valence-electron chi connectivity index (χ3n) is 4.02. The normalized spacial score (nSPS) is 13.4. The van der Waals surface area contributed by atoms with E-state index in [1.54, 1.807) is 0 Å². The molecule has 1 heterocycles. The van der Waals surface area contributed by atoms with Crippen LogP contribution in [-0.4, -0.2) is 16.6 Å². The van der Waals surface area contributed by atoms with Crippen LogP contribution in [0.3, 0.4) is 0 Å². The fraction of sp³-hybridized carbons (Fsp3) is 0.500. The van der Waals surface area contributed by atoms with Crippen LogP contribution in [0, 0.1) is 0 Å². The lowest BCUT2D eigenvalue weighted by Gasteiger charge is -2.27. The van der Waals surface area contributed by atoms with E-state index in [-0.39, 0.29) is 11.5 Å². The van der Waals surface area contributed by atoms with Gasteiger partial charge < -0.3 is 9.88 Å². The molecular formula is C18H27N3. The Morgan fingerprint density at radius 1 is 1.24 bits per heavy atom. The zero-order chi connectivity index (χ0) is 15.5. The number of hydrogen-bond donors (Lipinski definition) is 1. The number of likely N-dealkylation sites (N-methyl/N-ethyl adjacent to an activating group) is 1. The van der Waals surface area contributed by atoms with Crippen LogP contribution in [0.1, 0.15) is 50.7 Å². The molecule has 0 saturated carbocycles. The smallest absolute Gasteiger partial charge is 0.110 e. The van der Waals surface area contributed by atoms with Crippen LogP contribution >= 0.6 is 0 Å². The molecule has 3 nitrogen and oxygen atoms in total. The summed E-state index contributed by atoms with van der Waals surface area (Å²) in [5, 5.41) is 3.47. The SMILES string of the molecule is CCn1ccnc1CC(NC)c1ccccc1C(C)(C)C. The van der Waals surface area contributed by atoms with E-state index in [2.05, 4.69) is 73.0 Å². The second kappa shape index (κ2) is 6.44. The first kappa shape index (κ1) is 15.8. The highest BCUT2D eigenvalue weighted by atomic mass is 15.1. The van der Waals surface area contributed by atoms with Gasteiger partial charge in [0.15, 0.2) is 0 Å². The number of aromatic nitrogens is 2. The van der Waals surface area contributed by atoms with Crippen LogP contribution in [0.2, 0.25) is 0 Å². The van der Waals surface area contributed by atoms with Gasteiger partial charge >= 0.3 is 0 Å². The maximum absolute atomic E-state index is 4.52. The third kappa shape index (κ3) is 3.53. The van der Waals surface area contributed by atoms with E-state index in [1.807, 2.05) is 13.2 Å². The van der Waals surface area contributed by atoms with Crippen molar-refractivity contribution in [3.05, 3.63) is 53.6 Å². The number of nitrogens with zero attached hydrogens (tertiary/aromatic N) is 2. The Morgan fingerprint density at radius 3 is 2.57 bits per heavy atom. The minimum Gasteiger partial charge on any atom is -0.335 e. The van der Waals surface area contributed by atoms with E-state index in [0.29, 0.717) is 0 Å². The first-order valence-electron chi connectivity index (χ1n) is 7.74. The Balaban J connectivity index is 2.34. The highest BCUT2D eigenvalue weighted by molar-refractivity contribution is 5.35. The molecule has 2 aromatic rings. The minimum atomic E-state index is 0.145. The number of nitrogens with one attached hydrogen (secondary N) is 1. The van der Waals surface area contributed by atoms with E-state index in [1.165, 1.54) is 11.1 Å². The van der Waals surface area contributed by atoms with Crippen molar-refractivity contribution in [2.24, 2.45) is 0 Å². The van der Waals surface area contributed by atoms with Gasteiger partial charge in [-0.3, -0.25) is 0 Å². The highest BCUT2D eigenvalue weighted by Crippen LogP contribution is 2.30. The van der Waals surface area contributed by atoms with Crippen LogP contribution in [0.25, 0.3) is 0 Å². The summed E-state index contributed by atoms with van der Waals surface area (Å²) in [6.07, 6.45) is 4.85. The first-order valence-corrected chi connectivity index (χ1v) is 7.74. The highest BCUT2D eigenvalue weighted by Gasteiger charge is 2.22. The van der Waals surface area contributed by atoms with Crippen molar-refractivity contribution in [3.63, 3.8) is 0 Å². The van der Waals surface area contributed by atoms with Crippen molar-refractivity contribution in [2.45, 2.75) is 52.1 Å². The molecule has 0 aliphatic carbocycles. The van der Waals surface area contributed by atoms with E-state index in [0.717, 1.165) is 18.8 Å². The standard InChI is InChI=1S/C18H27N3/c1-6-21-12-11-20-17(21)13-16(19-5)14-9-7-8-10-15(14)18(2,3)4/h7-12,16,19H,6,13H2,1-5H3. The number of hydrogen-bond acceptors (Lipinski definition) is 2. The number of benzene rings is 1. The maximum atomic E-state index is 4.52. The van der Waals surface area contributed by atoms with Gasteiger partial charge in [-0.05, 0) is 30.5 Å². The third-order valence-corrected chi connectivity index (χ3v) is 4.02. The number of rotatable bonds is 5. The average molecular weight is 285 g/mol. The van der Waals surface area contributed by atoms with Gasteiger partial charge in [-0.25, -0.2) is 4.98 Å². The predicted octanol–water partition coefficient (Wildman–Crippen LogP) is 3.70. The van der Waals surface area contributed by atoms with E-state index in [4.69, 9.17) is 0 Å². The lowest BCUT2D eigenvalue weighted by atomic mass is 9.81. The molecule has 0 aliphatic heterocycles. The molecule has 0 saturated heterocycles. The monoisotopic (exact) mass is 285 g/mol. The lowest BCUT2D eigenvalue weighted by Crippen LogP contribution is -2.25. The Kier molecular flexibility index (Phi) is 4.84. The lowest BCUT2D eigenvalue weighted by molar-refractivity contribution is 0.521. The molecule has 0 spiro atoms. The Hall–Kier alpha value is -1.61. The summed E-state index contributed by atoms with van der Waals surface area (Å²) in [6, 6.07) is 9.02. The largest absolute Gasteiger partial charge is 0.335 e. The summed E-state index contributed by atoms with van der Waals surface area (Å²) in [6.45, 7) is 9.93. The molecule has 0 amide bonds. The Bertz CT molecular complexity index is 578. The molecule has 1 unspecified atom stereocenters. The summed E-state index contributed by atoms with van der Waals surface area (Å²) < 4.78 is 2.21. The zero-order valence-corrected chi connectivity index (χ0v) is 13.9. The van der Waals surface area contributed by atoms with Crippen molar-refractivity contribution in [2.75, 3.05) is 7.05 Å². The van der Waals surface area contributed by atoms with Gasteiger partial charge in [-0.2, -0.15) is 0 Å². The second-order valence-electron chi connectivity index (χ2n) is 6.51. The van der Waals surface area contributed by atoms with E-state index >= 15 is 0 Å². The van der Waals surface area contributed by atoms with Crippen molar-refractivity contribution in [1.82, 2.24) is 14.9 Å². The van der Waals surface area contributed by atoms with Gasteiger partial charge in [0.2, 0.25) is 0 Å². The zero-order valence-electron chi connectivity index (χ0n) is 13.9. The first-order chi connectivity index (χ1) is 9.97. The van der Waals surface area contributed by atoms with Crippen molar-refractivity contribution >= 4 is 0 Å². The molecule has 1 atom stereocenters. The van der Waals surface area contributed by atoms with Crippen molar-refractivity contribution in [3.8, 4) is 0 Å². The van der Waals surface area contributed by atoms with Gasteiger partial charge in [-0.1, -0.05) is 45.0 Å². The van der Waals surface area contributed by atoms with Gasteiger partial charge in [0.1, 0.15) is 5.82 Å². The summed E-state index contributed by atoms with van der Waals surface area (Å²) in [4.78, 5) is 4.52. The summed E-state index contributed by atoms with van der Waals surface area (Å²) in [5.41, 5.74) is 2.92. The quantitative estimate of drug-likeness (QED) is 0.907.